The molecule has 0 spiro atoms. The van der Waals surface area contributed by atoms with Crippen LogP contribution < -0.4 is 5.43 Å². The van der Waals surface area contributed by atoms with Crippen molar-refractivity contribution >= 4 is 32.8 Å². The summed E-state index contributed by atoms with van der Waals surface area (Å²) in [7, 11) is -0.293. The Hall–Kier alpha value is -4.50. The summed E-state index contributed by atoms with van der Waals surface area (Å²) < 4.78 is 77.9. The summed E-state index contributed by atoms with van der Waals surface area (Å²) in [5.41, 5.74) is -1.34. The van der Waals surface area contributed by atoms with E-state index in [9.17, 15) is 31.1 Å². The maximum Gasteiger partial charge on any atom is 0.416 e. The van der Waals surface area contributed by atoms with Gasteiger partial charge >= 0.3 is 12.4 Å². The van der Waals surface area contributed by atoms with Crippen molar-refractivity contribution in [3.05, 3.63) is 149 Å². The molecule has 0 fully saturated rings. The molecule has 0 aliphatic carbocycles. The van der Waals surface area contributed by atoms with Crippen LogP contribution in [0.25, 0.3) is 21.9 Å². The first-order chi connectivity index (χ1) is 20.0. The molecule has 1 aromatic heterocycles. The Morgan fingerprint density at radius 2 is 0.976 bits per heavy atom. The molecule has 5 aromatic carbocycles. The van der Waals surface area contributed by atoms with Gasteiger partial charge in [-0.3, -0.25) is 4.79 Å². The zero-order valence-electron chi connectivity index (χ0n) is 21.6. The molecular weight excluding hydrogens is 574 g/mol. The van der Waals surface area contributed by atoms with Gasteiger partial charge in [0.25, 0.3) is 0 Å². The monoisotopic (exact) mass is 595 g/mol. The predicted molar refractivity (Wildman–Crippen MR) is 151 cm³/mol. The number of benzene rings is 5. The molecule has 6 aromatic rings. The lowest BCUT2D eigenvalue weighted by molar-refractivity contribution is -0.143. The molecule has 2 nitrogen and oxygen atoms in total. The zero-order valence-corrected chi connectivity index (χ0v) is 22.4. The molecule has 0 saturated carbocycles. The summed E-state index contributed by atoms with van der Waals surface area (Å²) >= 11 is 0. The first-order valence-corrected chi connectivity index (χ1v) is 13.8. The minimum atomic E-state index is -4.75. The highest BCUT2D eigenvalue weighted by Crippen LogP contribution is 2.35. The van der Waals surface area contributed by atoms with Gasteiger partial charge in [-0.15, -0.1) is 0 Å². The van der Waals surface area contributed by atoms with E-state index in [4.69, 9.17) is 4.42 Å². The van der Waals surface area contributed by atoms with E-state index in [0.717, 1.165) is 11.0 Å². The third-order valence-corrected chi connectivity index (χ3v) is 8.47. The average molecular weight is 596 g/mol. The molecule has 0 radical (unpaired) electrons. The molecule has 0 atom stereocenters. The lowest BCUT2D eigenvalue weighted by Gasteiger charge is -2.10. The third-order valence-electron chi connectivity index (χ3n) is 6.26. The van der Waals surface area contributed by atoms with Gasteiger partial charge in [0.15, 0.2) is 14.7 Å². The Kier molecular flexibility index (Phi) is 8.13. The van der Waals surface area contributed by atoms with E-state index in [-0.39, 0.29) is 22.4 Å². The number of halogens is 6. The summed E-state index contributed by atoms with van der Waals surface area (Å²) in [5.74, 6) is 0. The Labute approximate surface area is 239 Å². The molecule has 0 N–H and O–H groups in total. The van der Waals surface area contributed by atoms with E-state index >= 15 is 0 Å². The number of hydrogen-bond acceptors (Lipinski definition) is 2. The number of para-hydroxylation sites is 1. The summed E-state index contributed by atoms with van der Waals surface area (Å²) in [6.07, 6.45) is -9.50. The molecule has 0 aliphatic rings. The van der Waals surface area contributed by atoms with Gasteiger partial charge in [0.2, 0.25) is 5.43 Å². The molecule has 6 rings (SSSR count). The molecule has 9 heteroatoms. The van der Waals surface area contributed by atoms with Gasteiger partial charge in [-0.05, 0) is 66.7 Å². The maximum absolute atomic E-state index is 13.1. The van der Waals surface area contributed by atoms with Crippen molar-refractivity contribution in [1.82, 2.24) is 0 Å². The molecule has 1 heterocycles. The van der Waals surface area contributed by atoms with Crippen LogP contribution in [0.4, 0.5) is 26.3 Å². The number of fused-ring (bicyclic) bond motifs is 2. The summed E-state index contributed by atoms with van der Waals surface area (Å²) in [5, 5.41) is 1.24. The highest BCUT2D eigenvalue weighted by atomic mass is 32.2. The predicted octanol–water partition coefficient (Wildman–Crippen LogP) is 9.77. The van der Waals surface area contributed by atoms with Crippen molar-refractivity contribution in [2.24, 2.45) is 0 Å². The van der Waals surface area contributed by atoms with Crippen molar-refractivity contribution in [1.29, 1.82) is 0 Å². The van der Waals surface area contributed by atoms with Crippen LogP contribution in [0.2, 0.25) is 0 Å². The van der Waals surface area contributed by atoms with Crippen molar-refractivity contribution in [2.45, 2.75) is 27.0 Å². The normalized spacial score (nSPS) is 11.9. The van der Waals surface area contributed by atoms with Crippen molar-refractivity contribution < 1.29 is 30.8 Å². The Morgan fingerprint density at radius 3 is 1.52 bits per heavy atom. The van der Waals surface area contributed by atoms with Crippen molar-refractivity contribution in [3.8, 4) is 0 Å². The van der Waals surface area contributed by atoms with Gasteiger partial charge in [0.1, 0.15) is 11.2 Å². The van der Waals surface area contributed by atoms with E-state index in [0.29, 0.717) is 34.1 Å². The van der Waals surface area contributed by atoms with E-state index in [1.165, 1.54) is 9.79 Å². The molecule has 0 unspecified atom stereocenters. The number of hydrogen-bond donors (Lipinski definition) is 0. The highest BCUT2D eigenvalue weighted by Gasteiger charge is 2.35. The SMILES string of the molecule is FC(F)(F)c1cccc(C(F)(F)F)c1.O=c1c2ccccc2oc2ccc([S+](c3ccccc3)c3ccccc3)cc12. The van der Waals surface area contributed by atoms with E-state index < -0.39 is 23.5 Å². The Balaban J connectivity index is 0.000000214. The summed E-state index contributed by atoms with van der Waals surface area (Å²) in [6, 6.07) is 36.2. The standard InChI is InChI=1S/C25H17O2S.C8H4F6/c26-25-21-13-7-8-14-23(21)27-24-16-15-20(17-22(24)25)28(18-9-3-1-4-10-18)19-11-5-2-6-12-19;9-7(10,11)5-2-1-3-6(4-5)8(12,13)14/h1-17H;1-4H/q+1;. The van der Waals surface area contributed by atoms with Crippen LogP contribution in [0.1, 0.15) is 11.1 Å². The topological polar surface area (TPSA) is 30.2 Å². The second-order valence-corrected chi connectivity index (χ2v) is 11.1. The second-order valence-electron chi connectivity index (χ2n) is 9.09. The first-order valence-electron chi connectivity index (χ1n) is 12.6. The van der Waals surface area contributed by atoms with Gasteiger partial charge in [0, 0.05) is 6.07 Å². The third kappa shape index (κ3) is 6.36. The molecule has 0 amide bonds. The van der Waals surface area contributed by atoms with Crippen molar-refractivity contribution in [3.63, 3.8) is 0 Å². The van der Waals surface area contributed by atoms with Crippen LogP contribution >= 0.6 is 0 Å². The van der Waals surface area contributed by atoms with E-state index in [1.54, 1.807) is 0 Å². The molecular formula is C33H21F6O2S+. The maximum atomic E-state index is 13.1. The fraction of sp³-hybridized carbons (Fsp3) is 0.0606. The number of alkyl halides is 6. The van der Waals surface area contributed by atoms with Crippen molar-refractivity contribution in [2.75, 3.05) is 0 Å². The molecule has 0 aliphatic heterocycles. The summed E-state index contributed by atoms with van der Waals surface area (Å²) in [4.78, 5) is 16.6. The van der Waals surface area contributed by atoms with Gasteiger partial charge in [0.05, 0.1) is 32.8 Å². The fourth-order valence-electron chi connectivity index (χ4n) is 4.30. The minimum Gasteiger partial charge on any atom is -0.456 e. The van der Waals surface area contributed by atoms with Crippen LogP contribution in [0.3, 0.4) is 0 Å². The van der Waals surface area contributed by atoms with Gasteiger partial charge in [-0.2, -0.15) is 26.3 Å². The second kappa shape index (κ2) is 11.8. The van der Waals surface area contributed by atoms with Crippen LogP contribution in [0, 0.1) is 0 Å². The zero-order chi connectivity index (χ0) is 29.9. The van der Waals surface area contributed by atoms with Gasteiger partial charge in [-0.1, -0.05) is 54.6 Å². The van der Waals surface area contributed by atoms with E-state index in [2.05, 4.69) is 54.6 Å². The van der Waals surface area contributed by atoms with Crippen LogP contribution in [0.5, 0.6) is 0 Å². The molecule has 0 saturated heterocycles. The lowest BCUT2D eigenvalue weighted by atomic mass is 10.1. The van der Waals surface area contributed by atoms with Crippen LogP contribution in [-0.4, -0.2) is 0 Å². The highest BCUT2D eigenvalue weighted by molar-refractivity contribution is 7.97. The van der Waals surface area contributed by atoms with E-state index in [1.807, 2.05) is 48.5 Å². The largest absolute Gasteiger partial charge is 0.456 e. The molecule has 0 bridgehead atoms. The quantitative estimate of drug-likeness (QED) is 0.116. The summed E-state index contributed by atoms with van der Waals surface area (Å²) in [6.45, 7) is 0. The lowest BCUT2D eigenvalue weighted by Crippen LogP contribution is -2.09. The average Bonchev–Trinajstić information content (AvgIpc) is 2.98. The Bertz CT molecular complexity index is 1810. The first kappa shape index (κ1) is 29.0. The minimum absolute atomic E-state index is 0.0170. The molecule has 212 valence electrons. The van der Waals surface area contributed by atoms with Gasteiger partial charge < -0.3 is 4.42 Å². The molecule has 42 heavy (non-hydrogen) atoms. The number of rotatable bonds is 3. The van der Waals surface area contributed by atoms with Crippen LogP contribution in [0.15, 0.2) is 151 Å². The Morgan fingerprint density at radius 1 is 0.476 bits per heavy atom. The van der Waals surface area contributed by atoms with Crippen LogP contribution in [-0.2, 0) is 23.2 Å². The van der Waals surface area contributed by atoms with Gasteiger partial charge in [-0.25, -0.2) is 0 Å². The fourth-order valence-corrected chi connectivity index (χ4v) is 6.42. The smallest absolute Gasteiger partial charge is 0.416 e.